The first-order chi connectivity index (χ1) is 66.2. The molecule has 0 radical (unpaired) electrons. The van der Waals surface area contributed by atoms with E-state index in [-0.39, 0.29) is 11.6 Å². The zero-order valence-corrected chi connectivity index (χ0v) is 71.3. The van der Waals surface area contributed by atoms with Crippen LogP contribution in [0.4, 0.5) is 82.7 Å². The minimum Gasteiger partial charge on any atom is -0.454 e. The van der Waals surface area contributed by atoms with Gasteiger partial charge in [0.05, 0.1) is 63.7 Å². The number of hydrogen-bond donors (Lipinski definition) is 0. The Hall–Kier alpha value is -18.4. The first kappa shape index (κ1) is 75.8. The first-order valence-electron chi connectivity index (χ1n) is 44.6. The molecule has 624 valence electrons. The molecule has 0 saturated heterocycles. The van der Waals surface area contributed by atoms with Crippen LogP contribution in [-0.4, -0.2) is 0 Å². The second-order valence-corrected chi connectivity index (χ2v) is 34.4. The highest BCUT2D eigenvalue weighted by Gasteiger charge is 2.31. The molecule has 0 fully saturated rings. The van der Waals surface area contributed by atoms with Crippen molar-refractivity contribution in [1.82, 2.24) is 0 Å². The number of hydrogen-bond acceptors (Lipinski definition) is 9. The van der Waals surface area contributed by atoms with Crippen LogP contribution in [-0.2, 0) is 0 Å². The Morgan fingerprint density at radius 3 is 0.716 bits per heavy atom. The number of para-hydroxylation sites is 4. The van der Waals surface area contributed by atoms with Crippen LogP contribution in [0.5, 0.6) is 0 Å². The summed E-state index contributed by atoms with van der Waals surface area (Å²) in [5.74, 6) is -0.625. The Kier molecular flexibility index (Phi) is 16.7. The van der Waals surface area contributed by atoms with Gasteiger partial charge in [0.15, 0.2) is 28.0 Å². The average Bonchev–Trinajstić information content (AvgIpc) is 1.20. The van der Waals surface area contributed by atoms with Crippen molar-refractivity contribution in [2.75, 3.05) is 19.6 Å². The maximum Gasteiger partial charge on any atom is 0.187 e. The van der Waals surface area contributed by atoms with E-state index >= 15 is 0 Å². The van der Waals surface area contributed by atoms with Gasteiger partial charge < -0.3 is 37.3 Å². The number of nitriles is 1. The van der Waals surface area contributed by atoms with Crippen LogP contribution in [0, 0.1) is 29.5 Å². The normalized spacial score (nSPS) is 11.9. The van der Waals surface area contributed by atoms with E-state index in [1.165, 1.54) is 24.3 Å². The summed E-state index contributed by atoms with van der Waals surface area (Å²) in [6.45, 7) is 7.76. The van der Waals surface area contributed by atoms with Crippen LogP contribution >= 0.6 is 0 Å². The number of rotatable bonds is 12. The summed E-state index contributed by atoms with van der Waals surface area (Å²) in [4.78, 5) is 12.7. The van der Waals surface area contributed by atoms with E-state index in [0.717, 1.165) is 264 Å². The third kappa shape index (κ3) is 11.5. The van der Waals surface area contributed by atoms with Crippen LogP contribution in [0.25, 0.3) is 200 Å². The quantitative estimate of drug-likeness (QED) is 0.0876. The Balaban J connectivity index is 0.000000137. The molecule has 28 aromatic rings. The van der Waals surface area contributed by atoms with Crippen molar-refractivity contribution in [2.45, 2.75) is 0 Å². The Morgan fingerprint density at radius 1 is 0.209 bits per heavy atom. The Labute approximate surface area is 762 Å². The van der Waals surface area contributed by atoms with Gasteiger partial charge in [-0.25, -0.2) is 13.6 Å². The molecule has 0 aliphatic heterocycles. The smallest absolute Gasteiger partial charge is 0.187 e. The van der Waals surface area contributed by atoms with Gasteiger partial charge in [0.25, 0.3) is 0 Å². The van der Waals surface area contributed by atoms with Crippen LogP contribution in [0.1, 0.15) is 5.56 Å². The van der Waals surface area contributed by atoms with Crippen LogP contribution in [0.2, 0.25) is 0 Å². The zero-order chi connectivity index (χ0) is 88.7. The second-order valence-electron chi connectivity index (χ2n) is 34.4. The highest BCUT2D eigenvalue weighted by molar-refractivity contribution is 6.33. The van der Waals surface area contributed by atoms with E-state index in [1.807, 2.05) is 84.9 Å². The SMILES string of the molecule is Fc1ccc(N(c2ccc3ccc4c(N(c5ccc(F)cc5)c5cccc6c5oc5ccc7ccccc7c56)ccc5ccc2c3c54)c2cccc3c2oc2ccc4ccccc4c23)cc1.[C-]#[N+]c1ccc(N(c2ccc3ccc4c(N(c5ccc(C#N)cc5)c5cccc6c5oc5ccc7ccccc7c56)ccc5ccc2c3c54)c2cccc3c2oc2ccc4ccccc4c23)cc1. The molecule has 0 aliphatic carbocycles. The minimum absolute atomic E-state index is 0.313. The highest BCUT2D eigenvalue weighted by Crippen LogP contribution is 2.56. The highest BCUT2D eigenvalue weighted by atomic mass is 19.1. The van der Waals surface area contributed by atoms with Gasteiger partial charge in [-0.3, -0.25) is 0 Å². The summed E-state index contributed by atoms with van der Waals surface area (Å²) in [6, 6.07) is 142. The average molecular weight is 1720 g/mol. The van der Waals surface area contributed by atoms with E-state index in [4.69, 9.17) is 24.2 Å². The fraction of sp³-hybridized carbons (Fsp3) is 0. The number of furan rings is 4. The molecule has 134 heavy (non-hydrogen) atoms. The van der Waals surface area contributed by atoms with Gasteiger partial charge in [-0.15, -0.1) is 0 Å². The summed E-state index contributed by atoms with van der Waals surface area (Å²) < 4.78 is 56.8. The van der Waals surface area contributed by atoms with Gasteiger partial charge in [0.1, 0.15) is 34.0 Å². The number of nitrogens with zero attached hydrogens (tertiary/aromatic N) is 6. The largest absolute Gasteiger partial charge is 0.454 e. The number of halogens is 2. The van der Waals surface area contributed by atoms with Crippen molar-refractivity contribution in [3.8, 4) is 6.07 Å². The fourth-order valence-corrected chi connectivity index (χ4v) is 21.4. The van der Waals surface area contributed by atoms with E-state index in [1.54, 1.807) is 0 Å². The van der Waals surface area contributed by atoms with Crippen molar-refractivity contribution in [3.05, 3.63) is 441 Å². The molecule has 0 saturated carbocycles. The van der Waals surface area contributed by atoms with Crippen molar-refractivity contribution < 1.29 is 26.4 Å². The van der Waals surface area contributed by atoms with E-state index < -0.39 is 0 Å². The van der Waals surface area contributed by atoms with Crippen molar-refractivity contribution in [1.29, 1.82) is 5.26 Å². The van der Waals surface area contributed by atoms with E-state index in [2.05, 4.69) is 334 Å². The molecular formula is C122H68F2N6O4. The lowest BCUT2D eigenvalue weighted by atomic mass is 9.91. The van der Waals surface area contributed by atoms with Crippen molar-refractivity contribution in [2.24, 2.45) is 0 Å². The monoisotopic (exact) mass is 1720 g/mol. The van der Waals surface area contributed by atoms with Gasteiger partial charge in [0, 0.05) is 87.4 Å². The molecule has 4 heterocycles. The Bertz CT molecular complexity index is 9310. The lowest BCUT2D eigenvalue weighted by Crippen LogP contribution is -2.12. The molecule has 0 aliphatic rings. The number of benzene rings is 24. The van der Waals surface area contributed by atoms with Gasteiger partial charge in [0.2, 0.25) is 0 Å². The van der Waals surface area contributed by atoms with Crippen LogP contribution < -0.4 is 19.6 Å². The Morgan fingerprint density at radius 2 is 0.448 bits per heavy atom. The van der Waals surface area contributed by atoms with Gasteiger partial charge >= 0.3 is 0 Å². The predicted molar refractivity (Wildman–Crippen MR) is 549 cm³/mol. The molecule has 0 N–H and O–H groups in total. The molecule has 24 aromatic carbocycles. The zero-order valence-electron chi connectivity index (χ0n) is 71.3. The molecular weight excluding hydrogens is 1650 g/mol. The molecule has 0 bridgehead atoms. The fourth-order valence-electron chi connectivity index (χ4n) is 21.4. The lowest BCUT2D eigenvalue weighted by molar-refractivity contribution is 0.627. The maximum absolute atomic E-state index is 14.7. The molecule has 0 amide bonds. The van der Waals surface area contributed by atoms with Gasteiger partial charge in [-0.2, -0.15) is 5.26 Å². The molecule has 10 nitrogen and oxygen atoms in total. The van der Waals surface area contributed by atoms with Crippen LogP contribution in [0.3, 0.4) is 0 Å². The van der Waals surface area contributed by atoms with Gasteiger partial charge in [-0.1, -0.05) is 255 Å². The summed E-state index contributed by atoms with van der Waals surface area (Å²) in [5, 5.41) is 40.4. The summed E-state index contributed by atoms with van der Waals surface area (Å²) in [7, 11) is 0. The van der Waals surface area contributed by atoms with E-state index in [9.17, 15) is 14.0 Å². The summed E-state index contributed by atoms with van der Waals surface area (Å²) in [6.07, 6.45) is 0. The summed E-state index contributed by atoms with van der Waals surface area (Å²) in [5.41, 5.74) is 18.1. The third-order valence-electron chi connectivity index (χ3n) is 27.3. The molecule has 4 aromatic heterocycles. The third-order valence-corrected chi connectivity index (χ3v) is 27.3. The number of fused-ring (bicyclic) bond motifs is 20. The first-order valence-corrected chi connectivity index (χ1v) is 44.6. The standard InChI is InChI=1S/C62H34N4O2.C60H34F2N2O2/c1-64-42-24-28-44(29-25-42)66(54-15-7-13-50-60-46-11-5-3-9-39(46)23-35-56(60)68-62(50)54)52-33-21-41-18-30-47-51(32-20-40-19-31-48(52)58(41)57(40)47)65(43-26-16-37(36-63)17-27-43)53-14-6-12-49-59-45-10-4-2-8-38(45)22-34-55(59)67-61(49)53;61-39-21-25-41(26-22-39)63(51-13-5-11-47-57-43-9-3-1-7-35(43)19-33-53(57)65-59(47)51)49-31-17-37-16-30-46-50(32-18-38-15-29-45(49)55(37)56(38)46)64(42-27-23-40(62)24-28-42)52-14-6-12-48-58-44-10-4-2-8-36(44)20-34-54(58)66-60(48)52/h2-35H;1-34H. The minimum atomic E-state index is -0.313. The lowest BCUT2D eigenvalue weighted by Gasteiger charge is -2.29. The van der Waals surface area contributed by atoms with Crippen molar-refractivity contribution >= 4 is 269 Å². The maximum atomic E-state index is 14.7. The van der Waals surface area contributed by atoms with E-state index in [0.29, 0.717) is 11.3 Å². The topological polar surface area (TPSA) is 93.7 Å². The van der Waals surface area contributed by atoms with Crippen molar-refractivity contribution in [3.63, 3.8) is 0 Å². The number of anilines is 12. The molecule has 0 unspecified atom stereocenters. The molecule has 0 atom stereocenters. The predicted octanol–water partition coefficient (Wildman–Crippen LogP) is 36.0. The summed E-state index contributed by atoms with van der Waals surface area (Å²) >= 11 is 0. The van der Waals surface area contributed by atoms with Gasteiger partial charge in [-0.05, 0) is 244 Å². The molecule has 28 rings (SSSR count). The molecule has 12 heteroatoms. The molecule has 0 spiro atoms. The second kappa shape index (κ2) is 29.6. The van der Waals surface area contributed by atoms with Crippen LogP contribution in [0.15, 0.2) is 430 Å².